The second-order valence-electron chi connectivity index (χ2n) is 5.15. The van der Waals surface area contributed by atoms with Crippen LogP contribution in [0.1, 0.15) is 31.1 Å². The highest BCUT2D eigenvalue weighted by atomic mass is 32.1. The van der Waals surface area contributed by atoms with Crippen molar-refractivity contribution in [2.45, 2.75) is 26.4 Å². The molecule has 0 spiro atoms. The third kappa shape index (κ3) is 3.36. The van der Waals surface area contributed by atoms with E-state index in [0.717, 1.165) is 23.5 Å². The van der Waals surface area contributed by atoms with E-state index < -0.39 is 0 Å². The first-order valence-electron chi connectivity index (χ1n) is 6.62. The zero-order valence-electron chi connectivity index (χ0n) is 12.1. The Morgan fingerprint density at radius 3 is 2.45 bits per heavy atom. The summed E-state index contributed by atoms with van der Waals surface area (Å²) in [6.07, 6.45) is 2.02. The van der Waals surface area contributed by atoms with Crippen LogP contribution in [0.5, 0.6) is 0 Å². The van der Waals surface area contributed by atoms with Crippen molar-refractivity contribution >= 4 is 22.9 Å². The Balaban J connectivity index is 2.06. The van der Waals surface area contributed by atoms with E-state index >= 15 is 0 Å². The molecule has 4 nitrogen and oxygen atoms in total. The van der Waals surface area contributed by atoms with Gasteiger partial charge in [0.2, 0.25) is 0 Å². The Kier molecular flexibility index (Phi) is 4.39. The van der Waals surface area contributed by atoms with Gasteiger partial charge < -0.3 is 10.6 Å². The van der Waals surface area contributed by atoms with Gasteiger partial charge in [0.05, 0.1) is 12.2 Å². The van der Waals surface area contributed by atoms with Gasteiger partial charge >= 0.3 is 0 Å². The number of rotatable bonds is 5. The number of anilines is 1. The predicted molar refractivity (Wildman–Crippen MR) is 87.0 cm³/mol. The molecule has 106 valence electrons. The molecule has 2 N–H and O–H groups in total. The molecule has 0 saturated heterocycles. The van der Waals surface area contributed by atoms with Crippen LogP contribution >= 0.6 is 12.2 Å². The van der Waals surface area contributed by atoms with Crippen molar-refractivity contribution in [2.24, 2.45) is 5.73 Å². The Morgan fingerprint density at radius 2 is 1.95 bits per heavy atom. The lowest BCUT2D eigenvalue weighted by Crippen LogP contribution is -2.17. The maximum atomic E-state index is 5.60. The molecular formula is C15H20N4S. The number of nitrogens with zero attached hydrogens (tertiary/aromatic N) is 3. The summed E-state index contributed by atoms with van der Waals surface area (Å²) in [6.45, 7) is 5.01. The standard InChI is InChI=1S/C15H20N4S/c1-11(2)19-9-8-13(17-19)10-18(3)14-6-4-12(5-7-14)15(16)20/h4-9,11H,10H2,1-3H3,(H2,16,20). The van der Waals surface area contributed by atoms with E-state index in [-0.39, 0.29) is 0 Å². The molecule has 2 rings (SSSR count). The summed E-state index contributed by atoms with van der Waals surface area (Å²) < 4.78 is 1.97. The molecule has 2 aromatic rings. The van der Waals surface area contributed by atoms with Crippen LogP contribution in [0.3, 0.4) is 0 Å². The highest BCUT2D eigenvalue weighted by Gasteiger charge is 2.07. The van der Waals surface area contributed by atoms with Crippen LogP contribution in [-0.4, -0.2) is 21.8 Å². The lowest BCUT2D eigenvalue weighted by Gasteiger charge is -2.18. The third-order valence-electron chi connectivity index (χ3n) is 3.18. The molecule has 5 heteroatoms. The van der Waals surface area contributed by atoms with Gasteiger partial charge in [-0.1, -0.05) is 12.2 Å². The van der Waals surface area contributed by atoms with Crippen LogP contribution in [0, 0.1) is 0 Å². The van der Waals surface area contributed by atoms with Crippen molar-refractivity contribution in [3.63, 3.8) is 0 Å². The molecule has 0 aliphatic rings. The first-order valence-corrected chi connectivity index (χ1v) is 7.03. The van der Waals surface area contributed by atoms with E-state index in [1.54, 1.807) is 0 Å². The molecular weight excluding hydrogens is 268 g/mol. The van der Waals surface area contributed by atoms with E-state index in [2.05, 4.69) is 29.9 Å². The Labute approximate surface area is 125 Å². The fourth-order valence-electron chi connectivity index (χ4n) is 1.96. The fourth-order valence-corrected chi connectivity index (χ4v) is 2.10. The van der Waals surface area contributed by atoms with Crippen molar-refractivity contribution in [3.8, 4) is 0 Å². The van der Waals surface area contributed by atoms with Gasteiger partial charge in [0.15, 0.2) is 0 Å². The van der Waals surface area contributed by atoms with Crippen molar-refractivity contribution in [3.05, 3.63) is 47.8 Å². The first kappa shape index (κ1) is 14.5. The van der Waals surface area contributed by atoms with Crippen LogP contribution in [0.25, 0.3) is 0 Å². The molecule has 0 unspecified atom stereocenters. The Morgan fingerprint density at radius 1 is 1.30 bits per heavy atom. The lowest BCUT2D eigenvalue weighted by molar-refractivity contribution is 0.526. The van der Waals surface area contributed by atoms with Crippen molar-refractivity contribution in [1.82, 2.24) is 9.78 Å². The lowest BCUT2D eigenvalue weighted by atomic mass is 10.2. The number of hydrogen-bond donors (Lipinski definition) is 1. The number of hydrogen-bond acceptors (Lipinski definition) is 3. The summed E-state index contributed by atoms with van der Waals surface area (Å²) in [5.74, 6) is 0. The van der Waals surface area contributed by atoms with Crippen molar-refractivity contribution in [2.75, 3.05) is 11.9 Å². The first-order chi connectivity index (χ1) is 9.47. The molecule has 0 atom stereocenters. The summed E-state index contributed by atoms with van der Waals surface area (Å²) in [6, 6.07) is 10.4. The van der Waals surface area contributed by atoms with Gasteiger partial charge in [-0.15, -0.1) is 0 Å². The SMILES string of the molecule is CC(C)n1ccc(CN(C)c2ccc(C(N)=S)cc2)n1. The summed E-state index contributed by atoms with van der Waals surface area (Å²) in [5, 5.41) is 4.56. The zero-order chi connectivity index (χ0) is 14.7. The highest BCUT2D eigenvalue weighted by molar-refractivity contribution is 7.80. The summed E-state index contributed by atoms with van der Waals surface area (Å²) in [4.78, 5) is 2.57. The van der Waals surface area contributed by atoms with Gasteiger partial charge in [-0.25, -0.2) is 0 Å². The van der Waals surface area contributed by atoms with E-state index in [9.17, 15) is 0 Å². The van der Waals surface area contributed by atoms with E-state index in [4.69, 9.17) is 18.0 Å². The predicted octanol–water partition coefficient (Wildman–Crippen LogP) is 2.73. The van der Waals surface area contributed by atoms with Crippen LogP contribution in [0.15, 0.2) is 36.5 Å². The average Bonchev–Trinajstić information content (AvgIpc) is 2.87. The van der Waals surface area contributed by atoms with Crippen LogP contribution < -0.4 is 10.6 Å². The fraction of sp³-hybridized carbons (Fsp3) is 0.333. The molecule has 1 aromatic heterocycles. The minimum absolute atomic E-state index is 0.388. The van der Waals surface area contributed by atoms with Gasteiger partial charge in [-0.3, -0.25) is 4.68 Å². The van der Waals surface area contributed by atoms with Crippen molar-refractivity contribution < 1.29 is 0 Å². The van der Waals surface area contributed by atoms with Crippen LogP contribution in [0.4, 0.5) is 5.69 Å². The third-order valence-corrected chi connectivity index (χ3v) is 3.42. The Bertz CT molecular complexity index is 586. The van der Waals surface area contributed by atoms with Gasteiger partial charge in [0.1, 0.15) is 4.99 Å². The molecule has 0 bridgehead atoms. The smallest absolute Gasteiger partial charge is 0.103 e. The second-order valence-corrected chi connectivity index (χ2v) is 5.59. The van der Waals surface area contributed by atoms with E-state index in [1.165, 1.54) is 0 Å². The minimum Gasteiger partial charge on any atom is -0.389 e. The largest absolute Gasteiger partial charge is 0.389 e. The summed E-state index contributed by atoms with van der Waals surface area (Å²) in [5.41, 5.74) is 8.66. The number of thiocarbonyl (C=S) groups is 1. The Hall–Kier alpha value is -1.88. The number of benzene rings is 1. The molecule has 0 saturated carbocycles. The molecule has 0 aliphatic heterocycles. The zero-order valence-corrected chi connectivity index (χ0v) is 12.9. The highest BCUT2D eigenvalue weighted by Crippen LogP contribution is 2.16. The maximum Gasteiger partial charge on any atom is 0.103 e. The topological polar surface area (TPSA) is 47.1 Å². The normalized spacial score (nSPS) is 10.8. The number of nitrogens with two attached hydrogens (primary N) is 1. The van der Waals surface area contributed by atoms with E-state index in [0.29, 0.717) is 11.0 Å². The van der Waals surface area contributed by atoms with Gasteiger partial charge in [0.25, 0.3) is 0 Å². The van der Waals surface area contributed by atoms with Crippen LogP contribution in [0.2, 0.25) is 0 Å². The van der Waals surface area contributed by atoms with Gasteiger partial charge in [-0.2, -0.15) is 5.10 Å². The molecule has 1 aromatic carbocycles. The molecule has 0 radical (unpaired) electrons. The molecule has 0 fully saturated rings. The monoisotopic (exact) mass is 288 g/mol. The molecule has 0 aliphatic carbocycles. The second kappa shape index (κ2) is 6.05. The summed E-state index contributed by atoms with van der Waals surface area (Å²) >= 11 is 4.95. The van der Waals surface area contributed by atoms with E-state index in [1.807, 2.05) is 42.2 Å². The molecule has 0 amide bonds. The minimum atomic E-state index is 0.388. The molecule has 1 heterocycles. The van der Waals surface area contributed by atoms with Gasteiger partial charge in [0, 0.05) is 30.5 Å². The quantitative estimate of drug-likeness (QED) is 0.859. The summed E-state index contributed by atoms with van der Waals surface area (Å²) in [7, 11) is 2.05. The van der Waals surface area contributed by atoms with Crippen LogP contribution in [-0.2, 0) is 6.54 Å². The van der Waals surface area contributed by atoms with Gasteiger partial charge in [-0.05, 0) is 44.2 Å². The maximum absolute atomic E-state index is 5.60. The molecule has 20 heavy (non-hydrogen) atoms. The number of aromatic nitrogens is 2. The average molecular weight is 288 g/mol. The van der Waals surface area contributed by atoms with Crippen molar-refractivity contribution in [1.29, 1.82) is 0 Å².